The number of hydrogen-bond donors (Lipinski definition) is 0. The highest BCUT2D eigenvalue weighted by Crippen LogP contribution is 2.25. The van der Waals surface area contributed by atoms with Crippen LogP contribution in [0.5, 0.6) is 0 Å². The molecule has 4 rings (SSSR count). The number of amides is 1. The van der Waals surface area contributed by atoms with Crippen molar-refractivity contribution in [1.82, 2.24) is 18.8 Å². The number of imidazole rings is 1. The number of aromatic nitrogens is 2. The largest absolute Gasteiger partial charge is 0.339 e. The summed E-state index contributed by atoms with van der Waals surface area (Å²) >= 11 is 1.40. The summed E-state index contributed by atoms with van der Waals surface area (Å²) in [6.45, 7) is 5.88. The molecule has 1 fully saturated rings. The number of allylic oxidation sites excluding steroid dienone is 1. The Labute approximate surface area is 192 Å². The number of benzene rings is 2. The maximum absolute atomic E-state index is 12.8. The van der Waals surface area contributed by atoms with Gasteiger partial charge in [-0.05, 0) is 17.7 Å². The van der Waals surface area contributed by atoms with Crippen LogP contribution in [0.3, 0.4) is 0 Å². The second-order valence-corrected chi connectivity index (χ2v) is 10.5. The predicted octanol–water partition coefficient (Wildman–Crippen LogP) is 2.99. The van der Waals surface area contributed by atoms with Crippen LogP contribution in [0.15, 0.2) is 72.4 Å². The molecule has 0 N–H and O–H groups in total. The fourth-order valence-electron chi connectivity index (χ4n) is 3.78. The van der Waals surface area contributed by atoms with Crippen LogP contribution >= 0.6 is 11.8 Å². The van der Waals surface area contributed by atoms with Gasteiger partial charge in [-0.15, -0.1) is 6.58 Å². The minimum Gasteiger partial charge on any atom is -0.339 e. The molecular formula is C23H26N4O3S2. The number of para-hydroxylation sites is 2. The lowest BCUT2D eigenvalue weighted by molar-refractivity contribution is -0.129. The Morgan fingerprint density at radius 1 is 1.03 bits per heavy atom. The Kier molecular flexibility index (Phi) is 6.98. The third-order valence-electron chi connectivity index (χ3n) is 5.43. The van der Waals surface area contributed by atoms with E-state index < -0.39 is 10.0 Å². The molecule has 0 spiro atoms. The van der Waals surface area contributed by atoms with Crippen molar-refractivity contribution >= 4 is 38.7 Å². The van der Waals surface area contributed by atoms with Gasteiger partial charge in [0.05, 0.1) is 22.5 Å². The van der Waals surface area contributed by atoms with Crippen LogP contribution in [0.4, 0.5) is 0 Å². The lowest BCUT2D eigenvalue weighted by Crippen LogP contribution is -2.51. The minimum absolute atomic E-state index is 0.00711. The van der Waals surface area contributed by atoms with Gasteiger partial charge in [0.25, 0.3) is 0 Å². The molecule has 1 saturated heterocycles. The van der Waals surface area contributed by atoms with Gasteiger partial charge < -0.3 is 9.47 Å². The van der Waals surface area contributed by atoms with Gasteiger partial charge in [-0.3, -0.25) is 4.79 Å². The van der Waals surface area contributed by atoms with Crippen LogP contribution in [0, 0.1) is 0 Å². The van der Waals surface area contributed by atoms with E-state index in [0.29, 0.717) is 32.7 Å². The summed E-state index contributed by atoms with van der Waals surface area (Å²) in [6.07, 6.45) is 1.81. The fourth-order valence-corrected chi connectivity index (χ4v) is 6.22. The van der Waals surface area contributed by atoms with Gasteiger partial charge in [-0.25, -0.2) is 13.4 Å². The van der Waals surface area contributed by atoms with Gasteiger partial charge >= 0.3 is 0 Å². The van der Waals surface area contributed by atoms with E-state index in [9.17, 15) is 13.2 Å². The summed E-state index contributed by atoms with van der Waals surface area (Å²) in [4.78, 5) is 19.2. The van der Waals surface area contributed by atoms with Crippen molar-refractivity contribution in [2.24, 2.45) is 0 Å². The number of fused-ring (bicyclic) bond motifs is 1. The highest BCUT2D eigenvalue weighted by molar-refractivity contribution is 7.99. The summed E-state index contributed by atoms with van der Waals surface area (Å²) in [5.41, 5.74) is 2.67. The molecule has 1 aliphatic rings. The Bertz CT molecular complexity index is 1200. The van der Waals surface area contributed by atoms with E-state index >= 15 is 0 Å². The van der Waals surface area contributed by atoms with Crippen LogP contribution in [0.25, 0.3) is 11.0 Å². The molecule has 0 unspecified atom stereocenters. The molecular weight excluding hydrogens is 444 g/mol. The first kappa shape index (κ1) is 22.6. The first-order valence-corrected chi connectivity index (χ1v) is 13.1. The maximum atomic E-state index is 12.8. The average molecular weight is 471 g/mol. The van der Waals surface area contributed by atoms with E-state index in [-0.39, 0.29) is 17.4 Å². The zero-order valence-corrected chi connectivity index (χ0v) is 19.4. The first-order valence-electron chi connectivity index (χ1n) is 10.5. The number of carbonyl (C=O) groups excluding carboxylic acids is 1. The Morgan fingerprint density at radius 3 is 2.44 bits per heavy atom. The lowest BCUT2D eigenvalue weighted by atomic mass is 10.2. The van der Waals surface area contributed by atoms with E-state index in [4.69, 9.17) is 0 Å². The first-order chi connectivity index (χ1) is 15.5. The van der Waals surface area contributed by atoms with Crippen LogP contribution in [-0.2, 0) is 27.1 Å². The zero-order valence-electron chi connectivity index (χ0n) is 17.8. The van der Waals surface area contributed by atoms with Crippen molar-refractivity contribution in [2.75, 3.05) is 31.9 Å². The standard InChI is InChI=1S/C23H26N4O3S2/c1-2-12-27-21-11-7-6-10-20(21)24-23(27)31-17-22(28)25-13-15-26(16-14-25)32(29,30)18-19-8-4-3-5-9-19/h2-11H,1,12-18H2. The molecule has 168 valence electrons. The topological polar surface area (TPSA) is 75.5 Å². The Hall–Kier alpha value is -2.62. The molecule has 0 saturated carbocycles. The molecule has 0 atom stereocenters. The zero-order chi connectivity index (χ0) is 22.6. The van der Waals surface area contributed by atoms with Gasteiger partial charge in [0.15, 0.2) is 5.16 Å². The number of rotatable bonds is 8. The van der Waals surface area contributed by atoms with E-state index in [1.807, 2.05) is 65.2 Å². The van der Waals surface area contributed by atoms with Gasteiger partial charge in [-0.2, -0.15) is 4.31 Å². The minimum atomic E-state index is -3.40. The Balaban J connectivity index is 1.34. The van der Waals surface area contributed by atoms with Gasteiger partial charge in [0.2, 0.25) is 15.9 Å². The third-order valence-corrected chi connectivity index (χ3v) is 8.24. The molecule has 2 heterocycles. The molecule has 7 nitrogen and oxygen atoms in total. The van der Waals surface area contributed by atoms with Crippen molar-refractivity contribution < 1.29 is 13.2 Å². The van der Waals surface area contributed by atoms with Crippen molar-refractivity contribution in [2.45, 2.75) is 17.5 Å². The number of nitrogens with zero attached hydrogens (tertiary/aromatic N) is 4. The van der Waals surface area contributed by atoms with Gasteiger partial charge in [0.1, 0.15) is 0 Å². The predicted molar refractivity (Wildman–Crippen MR) is 128 cm³/mol. The highest BCUT2D eigenvalue weighted by atomic mass is 32.2. The SMILES string of the molecule is C=CCn1c(SCC(=O)N2CCN(S(=O)(=O)Cc3ccccc3)CC2)nc2ccccc21. The van der Waals surface area contributed by atoms with E-state index in [2.05, 4.69) is 11.6 Å². The van der Waals surface area contributed by atoms with E-state index in [1.165, 1.54) is 16.1 Å². The molecule has 0 radical (unpaired) electrons. The van der Waals surface area contributed by atoms with Crippen LogP contribution in [0.1, 0.15) is 5.56 Å². The molecule has 2 aromatic carbocycles. The van der Waals surface area contributed by atoms with Gasteiger partial charge in [0, 0.05) is 32.7 Å². The van der Waals surface area contributed by atoms with E-state index in [1.54, 1.807) is 4.90 Å². The summed E-state index contributed by atoms with van der Waals surface area (Å²) in [5, 5.41) is 0.781. The summed E-state index contributed by atoms with van der Waals surface area (Å²) in [7, 11) is -3.40. The third kappa shape index (κ3) is 5.06. The van der Waals surface area contributed by atoms with Crippen LogP contribution in [0.2, 0.25) is 0 Å². The molecule has 9 heteroatoms. The number of thioether (sulfide) groups is 1. The summed E-state index contributed by atoms with van der Waals surface area (Å²) < 4.78 is 29.0. The molecule has 1 aromatic heterocycles. The molecule has 1 amide bonds. The molecule has 0 aliphatic carbocycles. The average Bonchev–Trinajstić information content (AvgIpc) is 3.16. The van der Waals surface area contributed by atoms with Gasteiger partial charge in [-0.1, -0.05) is 60.3 Å². The lowest BCUT2D eigenvalue weighted by Gasteiger charge is -2.34. The number of sulfonamides is 1. The van der Waals surface area contributed by atoms with Crippen LogP contribution in [-0.4, -0.2) is 65.0 Å². The number of carbonyl (C=O) groups is 1. The number of hydrogen-bond acceptors (Lipinski definition) is 5. The second kappa shape index (κ2) is 9.89. The normalized spacial score (nSPS) is 15.2. The molecule has 0 bridgehead atoms. The van der Waals surface area contributed by atoms with Crippen molar-refractivity contribution in [3.8, 4) is 0 Å². The summed E-state index contributed by atoms with van der Waals surface area (Å²) in [6, 6.07) is 17.0. The van der Waals surface area contributed by atoms with E-state index in [0.717, 1.165) is 21.8 Å². The molecule has 32 heavy (non-hydrogen) atoms. The quantitative estimate of drug-likeness (QED) is 0.374. The number of piperazine rings is 1. The monoisotopic (exact) mass is 470 g/mol. The van der Waals surface area contributed by atoms with Crippen LogP contribution < -0.4 is 0 Å². The smallest absolute Gasteiger partial charge is 0.233 e. The maximum Gasteiger partial charge on any atom is 0.233 e. The fraction of sp³-hybridized carbons (Fsp3) is 0.304. The second-order valence-electron chi connectivity index (χ2n) is 7.59. The Morgan fingerprint density at radius 2 is 1.72 bits per heavy atom. The molecule has 3 aromatic rings. The molecule has 1 aliphatic heterocycles. The highest BCUT2D eigenvalue weighted by Gasteiger charge is 2.29. The summed E-state index contributed by atoms with van der Waals surface area (Å²) in [5.74, 6) is 0.237. The van der Waals surface area contributed by atoms with Crippen molar-refractivity contribution in [3.63, 3.8) is 0 Å². The van der Waals surface area contributed by atoms with Crippen molar-refractivity contribution in [3.05, 3.63) is 72.8 Å². The van der Waals surface area contributed by atoms with Crippen molar-refractivity contribution in [1.29, 1.82) is 0 Å².